The van der Waals surface area contributed by atoms with Gasteiger partial charge in [0.15, 0.2) is 10.8 Å². The van der Waals surface area contributed by atoms with Gasteiger partial charge in [0, 0.05) is 11.9 Å². The molecule has 162 valence electrons. The predicted molar refractivity (Wildman–Crippen MR) is 111 cm³/mol. The maximum atomic E-state index is 13.2. The molecule has 30 heavy (non-hydrogen) atoms. The number of thiocarbonyl (C=S) groups is 1. The number of hydrazine groups is 1. The first-order valence-corrected chi connectivity index (χ1v) is 10.6. The molecule has 2 aromatic heterocycles. The highest BCUT2D eigenvalue weighted by Crippen LogP contribution is 2.32. The van der Waals surface area contributed by atoms with Crippen molar-refractivity contribution in [1.82, 2.24) is 25.2 Å². The SMILES string of the molecule is Cc1cc(C(F)(F)F)n(-c2nc(C(=O)NN(CCC3=CCCCC3)C(N)=S)cs2)n1. The molecule has 0 aliphatic heterocycles. The van der Waals surface area contributed by atoms with Gasteiger partial charge in [-0.1, -0.05) is 11.6 Å². The average molecular weight is 459 g/mol. The molecule has 1 aliphatic carbocycles. The number of nitrogens with one attached hydrogen (secondary N) is 1. The number of aryl methyl sites for hydroxylation is 1. The number of allylic oxidation sites excluding steroid dienone is 1. The number of nitrogens with two attached hydrogens (primary N) is 1. The number of aromatic nitrogens is 3. The Kier molecular flexibility index (Phi) is 6.76. The largest absolute Gasteiger partial charge is 0.433 e. The van der Waals surface area contributed by atoms with Gasteiger partial charge in [0.25, 0.3) is 5.91 Å². The van der Waals surface area contributed by atoms with Crippen molar-refractivity contribution in [1.29, 1.82) is 0 Å². The summed E-state index contributed by atoms with van der Waals surface area (Å²) in [7, 11) is 0. The van der Waals surface area contributed by atoms with E-state index in [4.69, 9.17) is 18.0 Å². The van der Waals surface area contributed by atoms with Gasteiger partial charge in [-0.2, -0.15) is 18.3 Å². The zero-order valence-corrected chi connectivity index (χ0v) is 17.8. The summed E-state index contributed by atoms with van der Waals surface area (Å²) in [6.07, 6.45) is 2.69. The third kappa shape index (κ3) is 5.36. The van der Waals surface area contributed by atoms with Crippen LogP contribution < -0.4 is 11.2 Å². The summed E-state index contributed by atoms with van der Waals surface area (Å²) < 4.78 is 40.3. The number of hydrogen-bond acceptors (Lipinski definition) is 5. The minimum atomic E-state index is -4.59. The molecule has 2 aromatic rings. The molecule has 0 spiro atoms. The molecule has 7 nitrogen and oxygen atoms in total. The molecule has 0 unspecified atom stereocenters. The van der Waals surface area contributed by atoms with E-state index in [1.54, 1.807) is 0 Å². The molecule has 0 saturated heterocycles. The van der Waals surface area contributed by atoms with Crippen LogP contribution in [0.3, 0.4) is 0 Å². The Bertz CT molecular complexity index is 966. The third-order valence-electron chi connectivity index (χ3n) is 4.57. The van der Waals surface area contributed by atoms with Crippen molar-refractivity contribution in [2.45, 2.75) is 45.2 Å². The van der Waals surface area contributed by atoms with Crippen molar-refractivity contribution >= 4 is 34.6 Å². The summed E-state index contributed by atoms with van der Waals surface area (Å²) in [5.41, 5.74) is 8.78. The lowest BCUT2D eigenvalue weighted by atomic mass is 9.97. The fraction of sp³-hybridized carbons (Fsp3) is 0.444. The number of halogens is 3. The van der Waals surface area contributed by atoms with Gasteiger partial charge in [0.1, 0.15) is 5.69 Å². The molecule has 0 fully saturated rings. The predicted octanol–water partition coefficient (Wildman–Crippen LogP) is 3.74. The van der Waals surface area contributed by atoms with Gasteiger partial charge in [-0.05, 0) is 57.3 Å². The van der Waals surface area contributed by atoms with E-state index in [9.17, 15) is 18.0 Å². The van der Waals surface area contributed by atoms with Crippen LogP contribution in [0.2, 0.25) is 0 Å². The van der Waals surface area contributed by atoms with E-state index in [1.165, 1.54) is 29.3 Å². The molecular weight excluding hydrogens is 437 g/mol. The van der Waals surface area contributed by atoms with Crippen LogP contribution in [0.15, 0.2) is 23.1 Å². The Morgan fingerprint density at radius 3 is 2.83 bits per heavy atom. The molecule has 0 saturated carbocycles. The maximum absolute atomic E-state index is 13.2. The average Bonchev–Trinajstić information content (AvgIpc) is 3.32. The van der Waals surface area contributed by atoms with Crippen molar-refractivity contribution in [2.75, 3.05) is 6.54 Å². The van der Waals surface area contributed by atoms with Crippen LogP contribution in [0.4, 0.5) is 13.2 Å². The number of nitrogens with zero attached hydrogens (tertiary/aromatic N) is 4. The lowest BCUT2D eigenvalue weighted by molar-refractivity contribution is -0.142. The maximum Gasteiger partial charge on any atom is 0.433 e. The molecule has 0 aromatic carbocycles. The summed E-state index contributed by atoms with van der Waals surface area (Å²) in [6, 6.07) is 0.926. The Labute approximate surface area is 180 Å². The molecule has 0 bridgehead atoms. The van der Waals surface area contributed by atoms with E-state index < -0.39 is 17.8 Å². The molecule has 0 atom stereocenters. The van der Waals surface area contributed by atoms with E-state index in [0.29, 0.717) is 17.6 Å². The van der Waals surface area contributed by atoms with E-state index in [0.717, 1.165) is 36.7 Å². The van der Waals surface area contributed by atoms with Gasteiger partial charge < -0.3 is 5.73 Å². The van der Waals surface area contributed by atoms with Crippen LogP contribution in [0.1, 0.15) is 54.0 Å². The smallest absolute Gasteiger partial charge is 0.375 e. The molecule has 0 radical (unpaired) electrons. The van der Waals surface area contributed by atoms with E-state index in [1.807, 2.05) is 0 Å². The van der Waals surface area contributed by atoms with Crippen molar-refractivity contribution in [3.8, 4) is 5.13 Å². The Morgan fingerprint density at radius 2 is 2.20 bits per heavy atom. The van der Waals surface area contributed by atoms with Gasteiger partial charge in [0.05, 0.1) is 5.69 Å². The highest BCUT2D eigenvalue weighted by Gasteiger charge is 2.36. The van der Waals surface area contributed by atoms with Gasteiger partial charge in [0.2, 0.25) is 5.13 Å². The van der Waals surface area contributed by atoms with Gasteiger partial charge in [-0.15, -0.1) is 11.3 Å². The van der Waals surface area contributed by atoms with Crippen LogP contribution in [0.5, 0.6) is 0 Å². The van der Waals surface area contributed by atoms with Crippen molar-refractivity contribution in [2.24, 2.45) is 5.73 Å². The number of hydrogen-bond donors (Lipinski definition) is 2. The normalized spacial score (nSPS) is 14.3. The number of alkyl halides is 3. The molecular formula is C18H21F3N6OS2. The second kappa shape index (κ2) is 9.13. The first-order valence-electron chi connectivity index (χ1n) is 9.31. The van der Waals surface area contributed by atoms with Crippen LogP contribution in [0, 0.1) is 6.92 Å². The minimum Gasteiger partial charge on any atom is -0.375 e. The summed E-state index contributed by atoms with van der Waals surface area (Å²) in [5, 5.41) is 6.50. The fourth-order valence-corrected chi connectivity index (χ4v) is 4.00. The van der Waals surface area contributed by atoms with Crippen LogP contribution in [-0.4, -0.2) is 37.3 Å². The topological polar surface area (TPSA) is 89.1 Å². The lowest BCUT2D eigenvalue weighted by Crippen LogP contribution is -2.49. The summed E-state index contributed by atoms with van der Waals surface area (Å²) in [4.78, 5) is 16.6. The Morgan fingerprint density at radius 1 is 1.43 bits per heavy atom. The van der Waals surface area contributed by atoms with Gasteiger partial charge >= 0.3 is 6.18 Å². The van der Waals surface area contributed by atoms with Crippen LogP contribution in [0.25, 0.3) is 5.13 Å². The highest BCUT2D eigenvalue weighted by atomic mass is 32.1. The molecule has 1 amide bonds. The Hall–Kier alpha value is -2.47. The third-order valence-corrected chi connectivity index (χ3v) is 5.61. The number of carbonyl (C=O) groups is 1. The van der Waals surface area contributed by atoms with Crippen molar-refractivity contribution < 1.29 is 18.0 Å². The zero-order valence-electron chi connectivity index (χ0n) is 16.2. The number of carbonyl (C=O) groups excluding carboxylic acids is 1. The number of rotatable bonds is 5. The first kappa shape index (κ1) is 22.2. The highest BCUT2D eigenvalue weighted by molar-refractivity contribution is 7.80. The second-order valence-electron chi connectivity index (χ2n) is 6.88. The minimum absolute atomic E-state index is 0.00253. The number of thiazole rings is 1. The van der Waals surface area contributed by atoms with Crippen LogP contribution >= 0.6 is 23.6 Å². The van der Waals surface area contributed by atoms with Crippen molar-refractivity contribution in [3.63, 3.8) is 0 Å². The Balaban J connectivity index is 1.71. The second-order valence-corrected chi connectivity index (χ2v) is 8.14. The molecule has 3 rings (SSSR count). The molecule has 1 aliphatic rings. The molecule has 12 heteroatoms. The summed E-state index contributed by atoms with van der Waals surface area (Å²) >= 11 is 5.89. The first-order chi connectivity index (χ1) is 14.1. The van der Waals surface area contributed by atoms with Crippen molar-refractivity contribution in [3.05, 3.63) is 40.2 Å². The summed E-state index contributed by atoms with van der Waals surface area (Å²) in [5.74, 6) is -0.611. The number of amides is 1. The monoisotopic (exact) mass is 458 g/mol. The van der Waals surface area contributed by atoms with Gasteiger partial charge in [-0.3, -0.25) is 15.2 Å². The van der Waals surface area contributed by atoms with Gasteiger partial charge in [-0.25, -0.2) is 9.67 Å². The van der Waals surface area contributed by atoms with E-state index in [2.05, 4.69) is 21.6 Å². The standard InChI is InChI=1S/C18H21F3N6OS2/c1-11-9-14(18(19,20)21)27(24-11)17-23-13(10-30-17)15(28)25-26(16(22)29)8-7-12-5-3-2-4-6-12/h5,9-10H,2-4,6-8H2,1H3,(H2,22,29)(H,25,28). The quantitative estimate of drug-likeness (QED) is 0.403. The van der Waals surface area contributed by atoms with E-state index in [-0.39, 0.29) is 21.6 Å². The zero-order chi connectivity index (χ0) is 21.9. The van der Waals surface area contributed by atoms with E-state index >= 15 is 0 Å². The molecule has 3 N–H and O–H groups in total. The lowest BCUT2D eigenvalue weighted by Gasteiger charge is -2.24. The molecule has 2 heterocycles. The summed E-state index contributed by atoms with van der Waals surface area (Å²) in [6.45, 7) is 1.86. The fourth-order valence-electron chi connectivity index (χ4n) is 3.10. The van der Waals surface area contributed by atoms with Crippen LogP contribution in [-0.2, 0) is 6.18 Å².